The Morgan fingerprint density at radius 2 is 1.81 bits per heavy atom. The Bertz CT molecular complexity index is 347. The van der Waals surface area contributed by atoms with Crippen LogP contribution in [-0.2, 0) is 0 Å². The van der Waals surface area contributed by atoms with Crippen molar-refractivity contribution < 1.29 is 0 Å². The molecule has 0 spiro atoms. The summed E-state index contributed by atoms with van der Waals surface area (Å²) in [4.78, 5) is 0. The third-order valence-corrected chi connectivity index (χ3v) is 3.01. The van der Waals surface area contributed by atoms with Gasteiger partial charge in [-0.05, 0) is 36.9 Å². The molecule has 1 heteroatoms. The van der Waals surface area contributed by atoms with Crippen LogP contribution in [0.5, 0.6) is 0 Å². The fourth-order valence-corrected chi connectivity index (χ4v) is 2.24. The lowest BCUT2D eigenvalue weighted by Gasteiger charge is -2.33. The average Bonchev–Trinajstić information content (AvgIpc) is 2.13. The standard InChI is InChI=1S/C15H25N/c1-7-16-14(15(4,5)6)13-9-8-11(2)10-12(13)3/h8-10,14,16H,7H2,1-6H3. The molecule has 0 aliphatic heterocycles. The first-order chi connectivity index (χ1) is 7.36. The highest BCUT2D eigenvalue weighted by atomic mass is 14.9. The van der Waals surface area contributed by atoms with Crippen LogP contribution in [0.15, 0.2) is 18.2 Å². The quantitative estimate of drug-likeness (QED) is 0.810. The van der Waals surface area contributed by atoms with E-state index in [1.807, 2.05) is 0 Å². The van der Waals surface area contributed by atoms with E-state index in [2.05, 4.69) is 65.1 Å². The number of nitrogens with one attached hydrogen (secondary N) is 1. The zero-order valence-electron chi connectivity index (χ0n) is 11.5. The summed E-state index contributed by atoms with van der Waals surface area (Å²) in [7, 11) is 0. The Balaban J connectivity index is 3.11. The van der Waals surface area contributed by atoms with E-state index in [-0.39, 0.29) is 5.41 Å². The SMILES string of the molecule is CCNC(c1ccc(C)cc1C)C(C)(C)C. The molecular formula is C15H25N. The topological polar surface area (TPSA) is 12.0 Å². The van der Waals surface area contributed by atoms with E-state index in [0.29, 0.717) is 6.04 Å². The molecule has 0 saturated heterocycles. The second-order valence-electron chi connectivity index (χ2n) is 5.72. The maximum atomic E-state index is 3.60. The van der Waals surface area contributed by atoms with E-state index in [1.54, 1.807) is 0 Å². The molecule has 0 heterocycles. The zero-order chi connectivity index (χ0) is 12.3. The van der Waals surface area contributed by atoms with Crippen molar-refractivity contribution in [1.82, 2.24) is 5.32 Å². The molecule has 0 bridgehead atoms. The first-order valence-corrected chi connectivity index (χ1v) is 6.16. The molecule has 0 aliphatic rings. The molecule has 90 valence electrons. The maximum absolute atomic E-state index is 3.60. The number of hydrogen-bond donors (Lipinski definition) is 1. The van der Waals surface area contributed by atoms with Gasteiger partial charge >= 0.3 is 0 Å². The van der Waals surface area contributed by atoms with Gasteiger partial charge in [-0.2, -0.15) is 0 Å². The van der Waals surface area contributed by atoms with Crippen LogP contribution in [-0.4, -0.2) is 6.54 Å². The molecule has 1 unspecified atom stereocenters. The van der Waals surface area contributed by atoms with Crippen molar-refractivity contribution in [3.8, 4) is 0 Å². The van der Waals surface area contributed by atoms with E-state index in [4.69, 9.17) is 0 Å². The van der Waals surface area contributed by atoms with Crippen LogP contribution in [0.25, 0.3) is 0 Å². The number of benzene rings is 1. The van der Waals surface area contributed by atoms with E-state index in [1.165, 1.54) is 16.7 Å². The van der Waals surface area contributed by atoms with Gasteiger partial charge in [0.1, 0.15) is 0 Å². The van der Waals surface area contributed by atoms with Gasteiger partial charge in [0.15, 0.2) is 0 Å². The molecule has 0 aromatic heterocycles. The van der Waals surface area contributed by atoms with E-state index >= 15 is 0 Å². The van der Waals surface area contributed by atoms with Crippen LogP contribution in [0, 0.1) is 19.3 Å². The molecule has 0 fully saturated rings. The fraction of sp³-hybridized carbons (Fsp3) is 0.600. The second kappa shape index (κ2) is 5.01. The first kappa shape index (κ1) is 13.2. The van der Waals surface area contributed by atoms with Crippen molar-refractivity contribution in [2.24, 2.45) is 5.41 Å². The largest absolute Gasteiger partial charge is 0.310 e. The molecular weight excluding hydrogens is 194 g/mol. The molecule has 1 N–H and O–H groups in total. The summed E-state index contributed by atoms with van der Waals surface area (Å²) in [5.41, 5.74) is 4.40. The minimum Gasteiger partial charge on any atom is -0.310 e. The van der Waals surface area contributed by atoms with Crippen LogP contribution in [0.4, 0.5) is 0 Å². The zero-order valence-corrected chi connectivity index (χ0v) is 11.5. The van der Waals surface area contributed by atoms with Gasteiger partial charge in [-0.1, -0.05) is 51.5 Å². The summed E-state index contributed by atoms with van der Waals surface area (Å²) in [6.45, 7) is 14.4. The fourth-order valence-electron chi connectivity index (χ4n) is 2.24. The van der Waals surface area contributed by atoms with Crippen molar-refractivity contribution in [2.75, 3.05) is 6.54 Å². The number of hydrogen-bond acceptors (Lipinski definition) is 1. The van der Waals surface area contributed by atoms with E-state index in [0.717, 1.165) is 6.54 Å². The highest BCUT2D eigenvalue weighted by Gasteiger charge is 2.26. The van der Waals surface area contributed by atoms with Crippen molar-refractivity contribution in [3.63, 3.8) is 0 Å². The Hall–Kier alpha value is -0.820. The molecule has 0 amide bonds. The predicted octanol–water partition coefficient (Wildman–Crippen LogP) is 4.00. The molecule has 0 radical (unpaired) electrons. The van der Waals surface area contributed by atoms with Gasteiger partial charge in [0.05, 0.1) is 0 Å². The van der Waals surface area contributed by atoms with Gasteiger partial charge in [-0.25, -0.2) is 0 Å². The van der Waals surface area contributed by atoms with Gasteiger partial charge in [0.25, 0.3) is 0 Å². The third-order valence-electron chi connectivity index (χ3n) is 3.01. The summed E-state index contributed by atoms with van der Waals surface area (Å²) in [5.74, 6) is 0. The van der Waals surface area contributed by atoms with Crippen LogP contribution in [0.3, 0.4) is 0 Å². The van der Waals surface area contributed by atoms with Crippen LogP contribution in [0.2, 0.25) is 0 Å². The minimum absolute atomic E-state index is 0.246. The van der Waals surface area contributed by atoms with E-state index in [9.17, 15) is 0 Å². The van der Waals surface area contributed by atoms with Gasteiger partial charge in [0, 0.05) is 6.04 Å². The van der Waals surface area contributed by atoms with Crippen molar-refractivity contribution in [1.29, 1.82) is 0 Å². The molecule has 1 atom stereocenters. The van der Waals surface area contributed by atoms with Crippen LogP contribution < -0.4 is 5.32 Å². The molecule has 0 saturated carbocycles. The highest BCUT2D eigenvalue weighted by molar-refractivity contribution is 5.33. The second-order valence-corrected chi connectivity index (χ2v) is 5.72. The van der Waals surface area contributed by atoms with E-state index < -0.39 is 0 Å². The van der Waals surface area contributed by atoms with Crippen molar-refractivity contribution in [2.45, 2.75) is 47.6 Å². The van der Waals surface area contributed by atoms with Gasteiger partial charge in [0.2, 0.25) is 0 Å². The maximum Gasteiger partial charge on any atom is 0.0371 e. The average molecular weight is 219 g/mol. The monoisotopic (exact) mass is 219 g/mol. The Morgan fingerprint density at radius 3 is 2.25 bits per heavy atom. The summed E-state index contributed by atoms with van der Waals surface area (Å²) in [5, 5.41) is 3.60. The first-order valence-electron chi connectivity index (χ1n) is 6.16. The Morgan fingerprint density at radius 1 is 1.19 bits per heavy atom. The minimum atomic E-state index is 0.246. The smallest absolute Gasteiger partial charge is 0.0371 e. The number of rotatable bonds is 3. The summed E-state index contributed by atoms with van der Waals surface area (Å²) < 4.78 is 0. The third kappa shape index (κ3) is 3.08. The molecule has 1 nitrogen and oxygen atoms in total. The summed E-state index contributed by atoms with van der Waals surface area (Å²) >= 11 is 0. The van der Waals surface area contributed by atoms with Crippen LogP contribution >= 0.6 is 0 Å². The summed E-state index contributed by atoms with van der Waals surface area (Å²) in [6.07, 6.45) is 0. The van der Waals surface area contributed by atoms with Crippen molar-refractivity contribution in [3.05, 3.63) is 34.9 Å². The Labute approximate surface area is 100 Å². The Kier molecular flexibility index (Phi) is 4.15. The lowest BCUT2D eigenvalue weighted by molar-refractivity contribution is 0.276. The molecule has 1 aromatic rings. The van der Waals surface area contributed by atoms with Gasteiger partial charge < -0.3 is 5.32 Å². The lowest BCUT2D eigenvalue weighted by Crippen LogP contribution is -2.32. The van der Waals surface area contributed by atoms with Gasteiger partial charge in [-0.3, -0.25) is 0 Å². The summed E-state index contributed by atoms with van der Waals surface area (Å²) in [6, 6.07) is 7.17. The highest BCUT2D eigenvalue weighted by Crippen LogP contribution is 2.34. The number of aryl methyl sites for hydroxylation is 2. The van der Waals surface area contributed by atoms with Gasteiger partial charge in [-0.15, -0.1) is 0 Å². The predicted molar refractivity (Wildman–Crippen MR) is 71.8 cm³/mol. The lowest BCUT2D eigenvalue weighted by atomic mass is 9.80. The normalized spacial score (nSPS) is 13.9. The molecule has 1 rings (SSSR count). The van der Waals surface area contributed by atoms with Crippen molar-refractivity contribution >= 4 is 0 Å². The van der Waals surface area contributed by atoms with Crippen LogP contribution in [0.1, 0.15) is 50.4 Å². The molecule has 1 aromatic carbocycles. The molecule has 0 aliphatic carbocycles. The molecule has 16 heavy (non-hydrogen) atoms.